The zero-order valence-corrected chi connectivity index (χ0v) is 15.5. The first kappa shape index (κ1) is 17.3. The van der Waals surface area contributed by atoms with Crippen molar-refractivity contribution in [1.82, 2.24) is 4.57 Å². The molecule has 0 aliphatic rings. The van der Waals surface area contributed by atoms with E-state index in [0.717, 1.165) is 31.4 Å². The number of rotatable bonds is 7. The topological polar surface area (TPSA) is 14.2 Å². The van der Waals surface area contributed by atoms with Crippen LogP contribution in [-0.2, 0) is 12.8 Å². The number of hydrogen-bond donors (Lipinski definition) is 0. The molecule has 2 nitrogen and oxygen atoms in total. The number of hydrogen-bond acceptors (Lipinski definition) is 1. The number of nitrogens with zero attached hydrogens (tertiary/aromatic N) is 1. The van der Waals surface area contributed by atoms with Crippen molar-refractivity contribution in [2.45, 2.75) is 39.5 Å². The van der Waals surface area contributed by atoms with Crippen LogP contribution in [0.3, 0.4) is 0 Å². The van der Waals surface area contributed by atoms with Gasteiger partial charge in [-0.05, 0) is 65.9 Å². The Morgan fingerprint density at radius 1 is 0.840 bits per heavy atom. The number of methoxy groups -OCH3 is 1. The van der Waals surface area contributed by atoms with Gasteiger partial charge in [0.1, 0.15) is 5.75 Å². The highest BCUT2D eigenvalue weighted by atomic mass is 16.5. The Balaban J connectivity index is 2.20. The van der Waals surface area contributed by atoms with Crippen LogP contribution in [0.4, 0.5) is 0 Å². The van der Waals surface area contributed by atoms with Crippen molar-refractivity contribution in [3.63, 3.8) is 0 Å². The molecular formula is C23H27NO. The second kappa shape index (κ2) is 8.06. The summed E-state index contributed by atoms with van der Waals surface area (Å²) in [5.74, 6) is 0.896. The third-order valence-electron chi connectivity index (χ3n) is 4.62. The van der Waals surface area contributed by atoms with Gasteiger partial charge in [-0.3, -0.25) is 0 Å². The summed E-state index contributed by atoms with van der Waals surface area (Å²) >= 11 is 0. The lowest BCUT2D eigenvalue weighted by Gasteiger charge is -2.13. The Bertz CT molecular complexity index is 800. The molecule has 0 amide bonds. The summed E-state index contributed by atoms with van der Waals surface area (Å²) in [7, 11) is 1.71. The molecule has 0 N–H and O–H groups in total. The van der Waals surface area contributed by atoms with Gasteiger partial charge in [0.05, 0.1) is 12.8 Å². The predicted molar refractivity (Wildman–Crippen MR) is 106 cm³/mol. The highest BCUT2D eigenvalue weighted by molar-refractivity contribution is 5.69. The Morgan fingerprint density at radius 2 is 1.52 bits per heavy atom. The highest BCUT2D eigenvalue weighted by Crippen LogP contribution is 2.33. The molecule has 0 saturated heterocycles. The Morgan fingerprint density at radius 3 is 2.12 bits per heavy atom. The van der Waals surface area contributed by atoms with E-state index < -0.39 is 0 Å². The van der Waals surface area contributed by atoms with Crippen molar-refractivity contribution in [2.75, 3.05) is 7.11 Å². The first-order valence-corrected chi connectivity index (χ1v) is 9.21. The third-order valence-corrected chi connectivity index (χ3v) is 4.62. The number of benzene rings is 2. The first-order valence-electron chi connectivity index (χ1n) is 9.21. The molecule has 0 spiro atoms. The zero-order valence-electron chi connectivity index (χ0n) is 15.5. The molecule has 0 aliphatic carbocycles. The summed E-state index contributed by atoms with van der Waals surface area (Å²) in [5, 5.41) is 0. The summed E-state index contributed by atoms with van der Waals surface area (Å²) in [6.07, 6.45) is 6.88. The fourth-order valence-corrected chi connectivity index (χ4v) is 3.46. The second-order valence-electron chi connectivity index (χ2n) is 6.42. The van der Waals surface area contributed by atoms with Crippen LogP contribution < -0.4 is 4.74 Å². The van der Waals surface area contributed by atoms with Gasteiger partial charge in [0.25, 0.3) is 0 Å². The van der Waals surface area contributed by atoms with Gasteiger partial charge in [-0.25, -0.2) is 0 Å². The lowest BCUT2D eigenvalue weighted by Crippen LogP contribution is -1.97. The molecule has 0 unspecified atom stereocenters. The van der Waals surface area contributed by atoms with E-state index in [4.69, 9.17) is 4.74 Å². The van der Waals surface area contributed by atoms with E-state index in [-0.39, 0.29) is 0 Å². The molecule has 0 radical (unpaired) electrons. The zero-order chi connectivity index (χ0) is 17.6. The van der Waals surface area contributed by atoms with Crippen LogP contribution in [0.2, 0.25) is 0 Å². The molecule has 0 atom stereocenters. The van der Waals surface area contributed by atoms with Gasteiger partial charge >= 0.3 is 0 Å². The number of aromatic nitrogens is 1. The van der Waals surface area contributed by atoms with Gasteiger partial charge in [0.15, 0.2) is 0 Å². The minimum absolute atomic E-state index is 0.896. The summed E-state index contributed by atoms with van der Waals surface area (Å²) in [6.45, 7) is 4.51. The molecule has 25 heavy (non-hydrogen) atoms. The van der Waals surface area contributed by atoms with E-state index in [2.05, 4.69) is 67.1 Å². The molecule has 1 aromatic heterocycles. The van der Waals surface area contributed by atoms with Crippen LogP contribution in [0.5, 0.6) is 5.75 Å². The maximum atomic E-state index is 5.33. The van der Waals surface area contributed by atoms with E-state index in [9.17, 15) is 0 Å². The maximum Gasteiger partial charge on any atom is 0.118 e. The molecule has 3 aromatic rings. The minimum Gasteiger partial charge on any atom is -0.497 e. The van der Waals surface area contributed by atoms with Crippen molar-refractivity contribution < 1.29 is 4.74 Å². The summed E-state index contributed by atoms with van der Waals surface area (Å²) < 4.78 is 7.69. The lowest BCUT2D eigenvalue weighted by atomic mass is 9.98. The molecule has 0 bridgehead atoms. The molecule has 2 heteroatoms. The number of ether oxygens (including phenoxy) is 1. The Hall–Kier alpha value is -2.48. The molecule has 2 aromatic carbocycles. The maximum absolute atomic E-state index is 5.33. The van der Waals surface area contributed by atoms with Crippen LogP contribution in [-0.4, -0.2) is 11.7 Å². The fourth-order valence-electron chi connectivity index (χ4n) is 3.46. The average Bonchev–Trinajstić information content (AvgIpc) is 3.01. The molecular weight excluding hydrogens is 306 g/mol. The van der Waals surface area contributed by atoms with E-state index >= 15 is 0 Å². The summed E-state index contributed by atoms with van der Waals surface area (Å²) in [5.41, 5.74) is 6.74. The van der Waals surface area contributed by atoms with E-state index in [1.165, 1.54) is 28.1 Å². The van der Waals surface area contributed by atoms with Gasteiger partial charge in [-0.2, -0.15) is 0 Å². The van der Waals surface area contributed by atoms with Crippen molar-refractivity contribution in [2.24, 2.45) is 0 Å². The van der Waals surface area contributed by atoms with E-state index in [1.807, 2.05) is 12.1 Å². The smallest absolute Gasteiger partial charge is 0.118 e. The van der Waals surface area contributed by atoms with E-state index in [1.54, 1.807) is 7.11 Å². The van der Waals surface area contributed by atoms with Crippen LogP contribution in [0, 0.1) is 0 Å². The Labute approximate surface area is 151 Å². The SMILES string of the molecule is CCCc1cn(-c2ccccc2)c(-c2ccc(OC)cc2)c1CCC. The van der Waals surface area contributed by atoms with Gasteiger partial charge < -0.3 is 9.30 Å². The van der Waals surface area contributed by atoms with Crippen molar-refractivity contribution >= 4 is 0 Å². The largest absolute Gasteiger partial charge is 0.497 e. The van der Waals surface area contributed by atoms with Gasteiger partial charge in [-0.15, -0.1) is 0 Å². The van der Waals surface area contributed by atoms with Crippen LogP contribution in [0.1, 0.15) is 37.8 Å². The molecule has 0 aliphatic heterocycles. The number of aryl methyl sites for hydroxylation is 1. The first-order chi connectivity index (χ1) is 12.3. The van der Waals surface area contributed by atoms with E-state index in [0.29, 0.717) is 0 Å². The fraction of sp³-hybridized carbons (Fsp3) is 0.304. The summed E-state index contributed by atoms with van der Waals surface area (Å²) in [6, 6.07) is 19.1. The molecule has 130 valence electrons. The van der Waals surface area contributed by atoms with Gasteiger partial charge in [-0.1, -0.05) is 44.9 Å². The standard InChI is InChI=1S/C23H27NO/c1-4-9-19-17-24(20-11-7-6-8-12-20)23(22(19)10-5-2)18-13-15-21(25-3)16-14-18/h6-8,11-17H,4-5,9-10H2,1-3H3. The Kier molecular flexibility index (Phi) is 5.60. The quantitative estimate of drug-likeness (QED) is 0.513. The summed E-state index contributed by atoms with van der Waals surface area (Å²) in [4.78, 5) is 0. The molecule has 0 fully saturated rings. The second-order valence-corrected chi connectivity index (χ2v) is 6.42. The lowest BCUT2D eigenvalue weighted by molar-refractivity contribution is 0.415. The minimum atomic E-state index is 0.896. The molecule has 1 heterocycles. The molecule has 3 rings (SSSR count). The van der Waals surface area contributed by atoms with Crippen molar-refractivity contribution in [3.8, 4) is 22.7 Å². The van der Waals surface area contributed by atoms with Crippen LogP contribution in [0.15, 0.2) is 60.8 Å². The van der Waals surface area contributed by atoms with Crippen molar-refractivity contribution in [1.29, 1.82) is 0 Å². The normalized spacial score (nSPS) is 10.8. The van der Waals surface area contributed by atoms with Gasteiger partial charge in [0.2, 0.25) is 0 Å². The van der Waals surface area contributed by atoms with Crippen LogP contribution >= 0.6 is 0 Å². The van der Waals surface area contributed by atoms with Crippen LogP contribution in [0.25, 0.3) is 16.9 Å². The number of para-hydroxylation sites is 1. The van der Waals surface area contributed by atoms with Crippen molar-refractivity contribution in [3.05, 3.63) is 71.9 Å². The predicted octanol–water partition coefficient (Wildman–Crippen LogP) is 6.06. The van der Waals surface area contributed by atoms with Gasteiger partial charge in [0, 0.05) is 11.9 Å². The average molecular weight is 333 g/mol. The third kappa shape index (κ3) is 3.63. The molecule has 0 saturated carbocycles. The monoisotopic (exact) mass is 333 g/mol. The highest BCUT2D eigenvalue weighted by Gasteiger charge is 2.17.